The van der Waals surface area contributed by atoms with Crippen molar-refractivity contribution >= 4 is 70.8 Å². The Morgan fingerprint density at radius 3 is 2.25 bits per heavy atom. The summed E-state index contributed by atoms with van der Waals surface area (Å²) in [4.78, 5) is 54.8. The number of phenolic OH excluding ortho intramolecular Hbond substituents is 1. The molecule has 2 saturated heterocycles. The van der Waals surface area contributed by atoms with Crippen molar-refractivity contribution in [3.05, 3.63) is 126 Å². The van der Waals surface area contributed by atoms with Crippen molar-refractivity contribution in [2.45, 2.75) is 35.1 Å². The molecule has 2 aliphatic carbocycles. The predicted octanol–water partition coefficient (Wildman–Crippen LogP) is 4.56. The average Bonchev–Trinajstić information content (AvgIpc) is 3.49. The molecule has 4 aliphatic rings. The van der Waals surface area contributed by atoms with E-state index >= 15 is 0 Å². The van der Waals surface area contributed by atoms with E-state index in [1.807, 2.05) is 30.3 Å². The molecule has 0 aromatic heterocycles. The number of alkyl halides is 2. The topological polar surface area (TPSA) is 145 Å². The van der Waals surface area contributed by atoms with Crippen LogP contribution in [-0.4, -0.2) is 55.7 Å². The Bertz CT molecular complexity index is 2220. The number of rotatable bonds is 7. The molecule has 0 spiro atoms. The first-order valence-corrected chi connectivity index (χ1v) is 17.7. The normalized spacial score (nSPS) is 27.7. The van der Waals surface area contributed by atoms with Gasteiger partial charge in [-0.25, -0.2) is 9.29 Å². The van der Waals surface area contributed by atoms with Crippen LogP contribution in [0, 0.1) is 23.6 Å². The Balaban J connectivity index is 1.24. The molecule has 53 heavy (non-hydrogen) atoms. The van der Waals surface area contributed by atoms with Gasteiger partial charge < -0.3 is 19.9 Å². The van der Waals surface area contributed by atoms with E-state index in [9.17, 15) is 38.7 Å². The van der Waals surface area contributed by atoms with Gasteiger partial charge in [0.1, 0.15) is 23.9 Å². The zero-order valence-electron chi connectivity index (χ0n) is 27.7. The van der Waals surface area contributed by atoms with Crippen LogP contribution >= 0.6 is 23.2 Å². The Morgan fingerprint density at radius 2 is 1.55 bits per heavy atom. The van der Waals surface area contributed by atoms with Crippen LogP contribution in [0.2, 0.25) is 0 Å². The van der Waals surface area contributed by atoms with Crippen LogP contribution in [0.1, 0.15) is 29.9 Å². The van der Waals surface area contributed by atoms with Crippen LogP contribution in [0.3, 0.4) is 0 Å². The zero-order chi connectivity index (χ0) is 37.4. The molecule has 4 amide bonds. The van der Waals surface area contributed by atoms with Gasteiger partial charge in [0.15, 0.2) is 9.75 Å². The molecule has 3 N–H and O–H groups in total. The summed E-state index contributed by atoms with van der Waals surface area (Å²) >= 11 is 14.8. The molecule has 14 heteroatoms. The summed E-state index contributed by atoms with van der Waals surface area (Å²) in [6, 6.07) is 24.3. The van der Waals surface area contributed by atoms with Gasteiger partial charge in [0, 0.05) is 17.5 Å². The molecule has 10 nitrogen and oxygen atoms in total. The summed E-state index contributed by atoms with van der Waals surface area (Å²) in [7, 11) is -1.84. The van der Waals surface area contributed by atoms with Gasteiger partial charge in [-0.05, 0) is 72.3 Å². The molecule has 0 bridgehead atoms. The number of anilines is 2. The van der Waals surface area contributed by atoms with Gasteiger partial charge >= 0.3 is 7.12 Å². The minimum absolute atomic E-state index is 0.0301. The van der Waals surface area contributed by atoms with Crippen molar-refractivity contribution in [2.24, 2.45) is 17.8 Å². The first kappa shape index (κ1) is 35.0. The largest absolute Gasteiger partial charge is 0.508 e. The van der Waals surface area contributed by atoms with Crippen LogP contribution in [-0.2, 0) is 25.8 Å². The number of imide groups is 2. The summed E-state index contributed by atoms with van der Waals surface area (Å²) in [6.07, 6.45) is 1.49. The quantitative estimate of drug-likeness (QED) is 0.108. The Hall–Kier alpha value is -5.01. The van der Waals surface area contributed by atoms with Gasteiger partial charge in [-0.1, -0.05) is 60.2 Å². The first-order chi connectivity index (χ1) is 25.3. The van der Waals surface area contributed by atoms with Gasteiger partial charge in [-0.3, -0.25) is 24.1 Å². The highest BCUT2D eigenvalue weighted by atomic mass is 35.5. The lowest BCUT2D eigenvalue weighted by atomic mass is 9.56. The monoisotopic (exact) mass is 754 g/mol. The van der Waals surface area contributed by atoms with E-state index in [2.05, 4.69) is 0 Å². The lowest BCUT2D eigenvalue weighted by molar-refractivity contribution is -0.125. The van der Waals surface area contributed by atoms with Crippen LogP contribution in [0.25, 0.3) is 0 Å². The van der Waals surface area contributed by atoms with Crippen molar-refractivity contribution in [1.29, 1.82) is 0 Å². The van der Waals surface area contributed by atoms with Crippen molar-refractivity contribution in [3.8, 4) is 11.5 Å². The molecule has 6 unspecified atom stereocenters. The van der Waals surface area contributed by atoms with Gasteiger partial charge in [0.25, 0.3) is 11.8 Å². The number of aromatic hydroxyl groups is 1. The minimum atomic E-state index is -2.24. The summed E-state index contributed by atoms with van der Waals surface area (Å²) in [5.74, 6) is -7.56. The number of carbonyl (C=O) groups excluding carboxylic acids is 4. The second kappa shape index (κ2) is 12.8. The van der Waals surface area contributed by atoms with E-state index in [0.717, 1.165) is 27.5 Å². The minimum Gasteiger partial charge on any atom is -0.508 e. The number of hydrogen-bond acceptors (Lipinski definition) is 8. The van der Waals surface area contributed by atoms with Crippen molar-refractivity contribution < 1.29 is 43.5 Å². The van der Waals surface area contributed by atoms with Crippen LogP contribution in [0.4, 0.5) is 15.8 Å². The smallest absolute Gasteiger partial charge is 0.488 e. The van der Waals surface area contributed by atoms with E-state index in [0.29, 0.717) is 11.3 Å². The molecular formula is C39H30BCl2FN2O8. The standard InChI is InChI=1S/C39H30BCl2FN2O8/c41-38-19-30-27(15-16-29-32(30)35(48)44(34(29)47)25-8-4-7-22(17-25)40(51)52)33(28-14-13-26(18-31(28)46)53-20-21-5-2-1-3-6-21)39(38,42)37(50)45(36(38)49)24-11-9-23(43)10-12-24/h1-15,17-18,29-30,32-33,46,51-52H,16,19-20H2. The van der Waals surface area contributed by atoms with Crippen molar-refractivity contribution in [3.63, 3.8) is 0 Å². The van der Waals surface area contributed by atoms with Crippen LogP contribution in [0.15, 0.2) is 109 Å². The number of amides is 4. The Morgan fingerprint density at radius 1 is 0.811 bits per heavy atom. The maximum Gasteiger partial charge on any atom is 0.488 e. The summed E-state index contributed by atoms with van der Waals surface area (Å²) in [5.41, 5.74) is 1.73. The Labute approximate surface area is 313 Å². The third kappa shape index (κ3) is 5.30. The maximum absolute atomic E-state index is 14.6. The number of phenols is 1. The third-order valence-electron chi connectivity index (χ3n) is 10.9. The summed E-state index contributed by atoms with van der Waals surface area (Å²) in [6.45, 7) is 0.204. The molecule has 4 aromatic rings. The first-order valence-electron chi connectivity index (χ1n) is 16.9. The molecule has 8 rings (SSSR count). The fourth-order valence-electron chi connectivity index (χ4n) is 8.42. The van der Waals surface area contributed by atoms with E-state index in [1.165, 1.54) is 48.5 Å². The van der Waals surface area contributed by atoms with Crippen LogP contribution < -0.4 is 20.0 Å². The molecule has 1 saturated carbocycles. The lowest BCUT2D eigenvalue weighted by Crippen LogP contribution is -2.60. The van der Waals surface area contributed by atoms with Crippen LogP contribution in [0.5, 0.6) is 11.5 Å². The number of hydrogen-bond donors (Lipinski definition) is 3. The number of ether oxygens (including phenoxy) is 1. The average molecular weight is 755 g/mol. The van der Waals surface area contributed by atoms with Crippen molar-refractivity contribution in [1.82, 2.24) is 0 Å². The number of carbonyl (C=O) groups is 4. The SMILES string of the molecule is O=C1C2CC=C3C(CC4(Cl)C(=O)N(c5ccc(F)cc5)C(=O)C4(Cl)C3c3ccc(OCc4ccccc4)cc3O)C2C(=O)N1c1cccc(B(O)O)c1. The fourth-order valence-corrected chi connectivity index (χ4v) is 9.35. The Kier molecular flexibility index (Phi) is 8.49. The second-order valence-electron chi connectivity index (χ2n) is 13.7. The van der Waals surface area contributed by atoms with Gasteiger partial charge in [0.2, 0.25) is 11.8 Å². The highest BCUT2D eigenvalue weighted by Gasteiger charge is 2.77. The van der Waals surface area contributed by atoms with E-state index in [-0.39, 0.29) is 47.6 Å². The number of fused-ring (bicyclic) bond motifs is 4. The molecule has 2 heterocycles. The van der Waals surface area contributed by atoms with Crippen molar-refractivity contribution in [2.75, 3.05) is 9.80 Å². The molecule has 6 atom stereocenters. The number of nitrogens with zero attached hydrogens (tertiary/aromatic N) is 2. The van der Waals surface area contributed by atoms with E-state index in [1.54, 1.807) is 12.1 Å². The molecular weight excluding hydrogens is 725 g/mol. The highest BCUT2D eigenvalue weighted by molar-refractivity contribution is 6.59. The number of benzene rings is 4. The second-order valence-corrected chi connectivity index (χ2v) is 15.0. The molecule has 0 radical (unpaired) electrons. The molecule has 3 fully saturated rings. The fraction of sp³-hybridized carbons (Fsp3) is 0.231. The van der Waals surface area contributed by atoms with Gasteiger partial charge in [0.05, 0.1) is 23.2 Å². The van der Waals surface area contributed by atoms with E-state index < -0.39 is 70.0 Å². The predicted molar refractivity (Wildman–Crippen MR) is 194 cm³/mol. The number of halogens is 3. The lowest BCUT2D eigenvalue weighted by Gasteiger charge is -2.50. The third-order valence-corrected chi connectivity index (χ3v) is 12.3. The van der Waals surface area contributed by atoms with E-state index in [4.69, 9.17) is 27.9 Å². The molecule has 4 aromatic carbocycles. The molecule has 2 aliphatic heterocycles. The van der Waals surface area contributed by atoms with Gasteiger partial charge in [-0.15, -0.1) is 23.2 Å². The summed E-state index contributed by atoms with van der Waals surface area (Å²) < 4.78 is 19.9. The maximum atomic E-state index is 14.6. The zero-order valence-corrected chi connectivity index (χ0v) is 29.2. The molecule has 268 valence electrons. The summed E-state index contributed by atoms with van der Waals surface area (Å²) in [5, 5.41) is 31.2. The van der Waals surface area contributed by atoms with Gasteiger partial charge in [-0.2, -0.15) is 0 Å². The highest BCUT2D eigenvalue weighted by Crippen LogP contribution is 2.66. The number of allylic oxidation sites excluding steroid dienone is 2.